The van der Waals surface area contributed by atoms with Gasteiger partial charge in [-0.25, -0.2) is 9.59 Å². The third kappa shape index (κ3) is 4.40. The van der Waals surface area contributed by atoms with Crippen LogP contribution in [0.2, 0.25) is 0 Å². The highest BCUT2D eigenvalue weighted by Crippen LogP contribution is 2.24. The Morgan fingerprint density at radius 2 is 1.76 bits per heavy atom. The van der Waals surface area contributed by atoms with Crippen LogP contribution in [0.5, 0.6) is 0 Å². The number of nitro benzene ring substituents is 2. The number of carbonyl (C=O) groups is 2. The lowest BCUT2D eigenvalue weighted by Gasteiger charge is -2.31. The van der Waals surface area contributed by atoms with Crippen molar-refractivity contribution in [2.45, 2.75) is 31.9 Å². The van der Waals surface area contributed by atoms with Crippen LogP contribution in [0.15, 0.2) is 18.2 Å². The Bertz CT molecular complexity index is 688. The molecule has 0 saturated carbocycles. The molecule has 1 unspecified atom stereocenters. The van der Waals surface area contributed by atoms with Gasteiger partial charge in [-0.05, 0) is 19.3 Å². The van der Waals surface area contributed by atoms with Crippen molar-refractivity contribution in [3.05, 3.63) is 44.0 Å². The third-order valence-corrected chi connectivity index (χ3v) is 3.77. The number of nitrogens with zero attached hydrogens (tertiary/aromatic N) is 3. The molecule has 1 aliphatic heterocycles. The lowest BCUT2D eigenvalue weighted by atomic mass is 10.0. The molecule has 11 nitrogen and oxygen atoms in total. The highest BCUT2D eigenvalue weighted by Gasteiger charge is 2.33. The maximum absolute atomic E-state index is 12.1. The van der Waals surface area contributed by atoms with E-state index in [1.54, 1.807) is 0 Å². The monoisotopic (exact) mass is 353 g/mol. The first-order valence-corrected chi connectivity index (χ1v) is 7.38. The minimum absolute atomic E-state index is 0.0677. The fourth-order valence-corrected chi connectivity index (χ4v) is 2.59. The Morgan fingerprint density at radius 3 is 2.28 bits per heavy atom. The molecule has 0 radical (unpaired) electrons. The van der Waals surface area contributed by atoms with Gasteiger partial charge in [0.25, 0.3) is 11.4 Å². The van der Waals surface area contributed by atoms with Gasteiger partial charge in [-0.1, -0.05) is 0 Å². The van der Waals surface area contributed by atoms with Crippen molar-refractivity contribution in [1.82, 2.24) is 4.90 Å². The Kier molecular flexibility index (Phi) is 5.47. The van der Waals surface area contributed by atoms with Gasteiger partial charge in [-0.3, -0.25) is 25.1 Å². The average Bonchev–Trinajstić information content (AvgIpc) is 2.59. The maximum atomic E-state index is 12.1. The average molecular weight is 353 g/mol. The van der Waals surface area contributed by atoms with Crippen LogP contribution >= 0.6 is 0 Å². The van der Waals surface area contributed by atoms with Crippen LogP contribution in [0.3, 0.4) is 0 Å². The van der Waals surface area contributed by atoms with Gasteiger partial charge in [0.15, 0.2) is 0 Å². The molecule has 1 heterocycles. The number of carboxylic acids is 1. The summed E-state index contributed by atoms with van der Waals surface area (Å²) < 4.78 is 5.00. The van der Waals surface area contributed by atoms with Gasteiger partial charge in [0.1, 0.15) is 12.6 Å². The van der Waals surface area contributed by atoms with E-state index in [1.807, 2.05) is 0 Å². The van der Waals surface area contributed by atoms with E-state index >= 15 is 0 Å². The maximum Gasteiger partial charge on any atom is 0.410 e. The first kappa shape index (κ1) is 18.1. The van der Waals surface area contributed by atoms with E-state index in [9.17, 15) is 29.8 Å². The number of aliphatic carboxylic acids is 1. The molecule has 1 aromatic carbocycles. The van der Waals surface area contributed by atoms with Crippen molar-refractivity contribution in [2.24, 2.45) is 0 Å². The second kappa shape index (κ2) is 7.55. The minimum atomic E-state index is -1.14. The molecule has 1 N–H and O–H groups in total. The van der Waals surface area contributed by atoms with Crippen LogP contribution in [-0.2, 0) is 16.1 Å². The first-order valence-electron chi connectivity index (χ1n) is 7.38. The molecule has 11 heteroatoms. The molecule has 0 aliphatic carbocycles. The summed E-state index contributed by atoms with van der Waals surface area (Å²) in [7, 11) is 0. The summed E-state index contributed by atoms with van der Waals surface area (Å²) >= 11 is 0. The van der Waals surface area contributed by atoms with Gasteiger partial charge >= 0.3 is 12.1 Å². The van der Waals surface area contributed by atoms with Crippen molar-refractivity contribution in [2.75, 3.05) is 6.54 Å². The van der Waals surface area contributed by atoms with Crippen molar-refractivity contribution < 1.29 is 29.3 Å². The van der Waals surface area contributed by atoms with Gasteiger partial charge in [-0.15, -0.1) is 0 Å². The van der Waals surface area contributed by atoms with E-state index in [0.717, 1.165) is 23.1 Å². The zero-order chi connectivity index (χ0) is 18.6. The van der Waals surface area contributed by atoms with E-state index in [2.05, 4.69) is 0 Å². The quantitative estimate of drug-likeness (QED) is 0.623. The number of ether oxygens (including phenoxy) is 1. The largest absolute Gasteiger partial charge is 0.480 e. The number of non-ortho nitro benzene ring substituents is 2. The lowest BCUT2D eigenvalue weighted by Crippen LogP contribution is -2.48. The van der Waals surface area contributed by atoms with Gasteiger partial charge in [0.2, 0.25) is 0 Å². The smallest absolute Gasteiger partial charge is 0.410 e. The van der Waals surface area contributed by atoms with Crippen LogP contribution in [-0.4, -0.2) is 44.5 Å². The van der Waals surface area contributed by atoms with E-state index in [-0.39, 0.29) is 12.1 Å². The fourth-order valence-electron chi connectivity index (χ4n) is 2.59. The van der Waals surface area contributed by atoms with E-state index in [1.165, 1.54) is 0 Å². The number of hydrogen-bond acceptors (Lipinski definition) is 7. The zero-order valence-corrected chi connectivity index (χ0v) is 13.0. The Labute approximate surface area is 141 Å². The number of hydrogen-bond donors (Lipinski definition) is 1. The van der Waals surface area contributed by atoms with Crippen molar-refractivity contribution in [3.8, 4) is 0 Å². The molecule has 25 heavy (non-hydrogen) atoms. The molecular formula is C14H15N3O8. The van der Waals surface area contributed by atoms with Crippen molar-refractivity contribution in [3.63, 3.8) is 0 Å². The van der Waals surface area contributed by atoms with Crippen molar-refractivity contribution in [1.29, 1.82) is 0 Å². The van der Waals surface area contributed by atoms with Gasteiger partial charge in [0.05, 0.1) is 15.9 Å². The first-order chi connectivity index (χ1) is 11.8. The van der Waals surface area contributed by atoms with Crippen LogP contribution in [0.4, 0.5) is 16.2 Å². The van der Waals surface area contributed by atoms with Crippen LogP contribution in [0.1, 0.15) is 24.8 Å². The Morgan fingerprint density at radius 1 is 1.16 bits per heavy atom. The minimum Gasteiger partial charge on any atom is -0.480 e. The molecule has 1 fully saturated rings. The summed E-state index contributed by atoms with van der Waals surface area (Å²) in [5, 5.41) is 30.8. The molecule has 0 spiro atoms. The zero-order valence-electron chi connectivity index (χ0n) is 13.0. The predicted molar refractivity (Wildman–Crippen MR) is 81.9 cm³/mol. The van der Waals surface area contributed by atoms with Crippen LogP contribution < -0.4 is 0 Å². The van der Waals surface area contributed by atoms with Crippen LogP contribution in [0.25, 0.3) is 0 Å². The van der Waals surface area contributed by atoms with Gasteiger partial charge in [-0.2, -0.15) is 0 Å². The molecule has 2 rings (SSSR count). The summed E-state index contributed by atoms with van der Waals surface area (Å²) in [6, 6.07) is 1.94. The molecule has 0 aromatic heterocycles. The summed E-state index contributed by atoms with van der Waals surface area (Å²) in [6.07, 6.45) is 0.757. The van der Waals surface area contributed by atoms with Gasteiger partial charge in [0, 0.05) is 24.2 Å². The number of carboxylic acid groups (broad SMARTS) is 1. The molecule has 1 aliphatic rings. The number of piperidine rings is 1. The van der Waals surface area contributed by atoms with E-state index in [0.29, 0.717) is 19.3 Å². The highest BCUT2D eigenvalue weighted by atomic mass is 16.6. The molecule has 134 valence electrons. The third-order valence-electron chi connectivity index (χ3n) is 3.77. The summed E-state index contributed by atoms with van der Waals surface area (Å²) in [6.45, 7) is -0.213. The van der Waals surface area contributed by atoms with Gasteiger partial charge < -0.3 is 9.84 Å². The molecule has 0 bridgehead atoms. The topological polar surface area (TPSA) is 153 Å². The van der Waals surface area contributed by atoms with E-state index < -0.39 is 45.9 Å². The number of amides is 1. The fraction of sp³-hybridized carbons (Fsp3) is 0.429. The molecular weight excluding hydrogens is 338 g/mol. The number of rotatable bonds is 5. The highest BCUT2D eigenvalue weighted by molar-refractivity contribution is 5.80. The molecule has 1 aromatic rings. The lowest BCUT2D eigenvalue weighted by molar-refractivity contribution is -0.394. The number of nitro groups is 2. The second-order valence-electron chi connectivity index (χ2n) is 5.47. The number of benzene rings is 1. The second-order valence-corrected chi connectivity index (χ2v) is 5.47. The Balaban J connectivity index is 2.12. The number of carbonyl (C=O) groups excluding carboxylic acids is 1. The SMILES string of the molecule is O=C(O)C1CCCCN1C(=O)OCc1cc([N+](=O)[O-])cc([N+](=O)[O-])c1. The summed E-state index contributed by atoms with van der Waals surface area (Å²) in [5.41, 5.74) is -0.929. The molecule has 1 saturated heterocycles. The van der Waals surface area contributed by atoms with Crippen molar-refractivity contribution >= 4 is 23.4 Å². The molecule has 1 amide bonds. The predicted octanol–water partition coefficient (Wildman–Crippen LogP) is 2.08. The van der Waals surface area contributed by atoms with Crippen LogP contribution in [0, 0.1) is 20.2 Å². The standard InChI is InChI=1S/C14H15N3O8/c18-13(19)12-3-1-2-4-15(12)14(20)25-8-9-5-10(16(21)22)7-11(6-9)17(23)24/h5-7,12H,1-4,8H2,(H,18,19). The number of likely N-dealkylation sites (tertiary alicyclic amines) is 1. The Hall–Kier alpha value is -3.24. The molecule has 1 atom stereocenters. The normalized spacial score (nSPS) is 17.0. The summed E-state index contributed by atoms with van der Waals surface area (Å²) in [4.78, 5) is 44.5. The van der Waals surface area contributed by atoms with E-state index in [4.69, 9.17) is 9.84 Å². The summed E-state index contributed by atoms with van der Waals surface area (Å²) in [5.74, 6) is -1.14.